The molecule has 0 amide bonds. The Morgan fingerprint density at radius 3 is 3.00 bits per heavy atom. The highest BCUT2D eigenvalue weighted by atomic mass is 16.1. The lowest BCUT2D eigenvalue weighted by molar-refractivity contribution is 0.745. The summed E-state index contributed by atoms with van der Waals surface area (Å²) < 4.78 is 1.98. The number of pyridine rings is 1. The van der Waals surface area contributed by atoms with Crippen LogP contribution in [0, 0.1) is 6.92 Å². The van der Waals surface area contributed by atoms with Gasteiger partial charge in [-0.25, -0.2) is 4.98 Å². The highest BCUT2D eigenvalue weighted by Gasteiger charge is 2.05. The Kier molecular flexibility index (Phi) is 1.69. The second-order valence-corrected chi connectivity index (χ2v) is 2.96. The third-order valence-corrected chi connectivity index (χ3v) is 2.14. The maximum absolute atomic E-state index is 11.1. The fourth-order valence-electron chi connectivity index (χ4n) is 1.54. The number of nitrogens with one attached hydrogen (secondary N) is 1. The lowest BCUT2D eigenvalue weighted by atomic mass is 10.4. The first-order valence-electron chi connectivity index (χ1n) is 4.28. The summed E-state index contributed by atoms with van der Waals surface area (Å²) in [6.07, 6.45) is 0. The summed E-state index contributed by atoms with van der Waals surface area (Å²) in [5.74, 6) is 0.930. The van der Waals surface area contributed by atoms with Crippen molar-refractivity contribution in [3.63, 3.8) is 0 Å². The van der Waals surface area contributed by atoms with Gasteiger partial charge in [0.2, 0.25) is 5.56 Å². The van der Waals surface area contributed by atoms with Crippen LogP contribution < -0.4 is 5.56 Å². The molecule has 2 rings (SSSR count). The SMILES string of the molecule is CCn1c(C)nc2ccc(=O)[nH]c21. The molecular weight excluding hydrogens is 166 g/mol. The molecule has 68 valence electrons. The van der Waals surface area contributed by atoms with Gasteiger partial charge in [0.15, 0.2) is 0 Å². The number of imidazole rings is 1. The zero-order valence-electron chi connectivity index (χ0n) is 7.66. The first-order chi connectivity index (χ1) is 6.22. The van der Waals surface area contributed by atoms with E-state index in [0.29, 0.717) is 0 Å². The number of aromatic nitrogens is 3. The Labute approximate surface area is 75.2 Å². The summed E-state index contributed by atoms with van der Waals surface area (Å²) in [6.45, 7) is 4.78. The Bertz CT molecular complexity index is 495. The van der Waals surface area contributed by atoms with Gasteiger partial charge in [-0.3, -0.25) is 4.79 Å². The van der Waals surface area contributed by atoms with Crippen LogP contribution in [0.1, 0.15) is 12.7 Å². The van der Waals surface area contributed by atoms with E-state index in [-0.39, 0.29) is 5.56 Å². The zero-order valence-corrected chi connectivity index (χ0v) is 7.66. The van der Waals surface area contributed by atoms with Gasteiger partial charge in [-0.15, -0.1) is 0 Å². The van der Waals surface area contributed by atoms with Crippen molar-refractivity contribution < 1.29 is 0 Å². The Hall–Kier alpha value is -1.58. The molecule has 2 heterocycles. The average molecular weight is 177 g/mol. The molecular formula is C9H11N3O. The fraction of sp³-hybridized carbons (Fsp3) is 0.333. The first-order valence-corrected chi connectivity index (χ1v) is 4.28. The van der Waals surface area contributed by atoms with Gasteiger partial charge >= 0.3 is 0 Å². The second-order valence-electron chi connectivity index (χ2n) is 2.96. The maximum atomic E-state index is 11.1. The van der Waals surface area contributed by atoms with E-state index in [0.717, 1.165) is 23.5 Å². The number of rotatable bonds is 1. The van der Waals surface area contributed by atoms with Crippen molar-refractivity contribution in [3.05, 3.63) is 28.3 Å². The molecule has 0 aromatic carbocycles. The van der Waals surface area contributed by atoms with Crippen LogP contribution in [0.25, 0.3) is 11.2 Å². The quantitative estimate of drug-likeness (QED) is 0.707. The average Bonchev–Trinajstić information content (AvgIpc) is 2.40. The van der Waals surface area contributed by atoms with Gasteiger partial charge < -0.3 is 9.55 Å². The fourth-order valence-corrected chi connectivity index (χ4v) is 1.54. The third-order valence-electron chi connectivity index (χ3n) is 2.14. The molecule has 0 bridgehead atoms. The second kappa shape index (κ2) is 2.73. The highest BCUT2D eigenvalue weighted by molar-refractivity contribution is 5.70. The molecule has 0 aliphatic carbocycles. The molecule has 0 aliphatic rings. The molecule has 0 atom stereocenters. The van der Waals surface area contributed by atoms with Crippen LogP contribution in [-0.2, 0) is 6.54 Å². The number of nitrogens with zero attached hydrogens (tertiary/aromatic N) is 2. The van der Waals surface area contributed by atoms with E-state index in [2.05, 4.69) is 9.97 Å². The van der Waals surface area contributed by atoms with Gasteiger partial charge in [0, 0.05) is 12.6 Å². The molecule has 4 heteroatoms. The van der Waals surface area contributed by atoms with Crippen LogP contribution in [-0.4, -0.2) is 14.5 Å². The lowest BCUT2D eigenvalue weighted by Crippen LogP contribution is -2.06. The topological polar surface area (TPSA) is 50.7 Å². The summed E-state index contributed by atoms with van der Waals surface area (Å²) in [4.78, 5) is 18.2. The maximum Gasteiger partial charge on any atom is 0.249 e. The van der Waals surface area contributed by atoms with Crippen molar-refractivity contribution in [2.45, 2.75) is 20.4 Å². The molecule has 0 saturated heterocycles. The molecule has 2 aromatic heterocycles. The van der Waals surface area contributed by atoms with Crippen molar-refractivity contribution in [1.82, 2.24) is 14.5 Å². The molecule has 0 saturated carbocycles. The molecule has 2 aromatic rings. The summed E-state index contributed by atoms with van der Waals surface area (Å²) in [7, 11) is 0. The Morgan fingerprint density at radius 1 is 1.54 bits per heavy atom. The number of aromatic amines is 1. The van der Waals surface area contributed by atoms with Gasteiger partial charge in [-0.1, -0.05) is 0 Å². The lowest BCUT2D eigenvalue weighted by Gasteiger charge is -1.99. The predicted molar refractivity (Wildman–Crippen MR) is 50.8 cm³/mol. The van der Waals surface area contributed by atoms with E-state index in [1.807, 2.05) is 18.4 Å². The standard InChI is InChI=1S/C9H11N3O/c1-3-12-6(2)10-7-4-5-8(13)11-9(7)12/h4-5H,3H2,1-2H3,(H,11,13). The van der Waals surface area contributed by atoms with Gasteiger partial charge in [0.1, 0.15) is 17.0 Å². The minimum Gasteiger partial charge on any atom is -0.315 e. The van der Waals surface area contributed by atoms with Crippen LogP contribution in [0.5, 0.6) is 0 Å². The van der Waals surface area contributed by atoms with Gasteiger partial charge in [-0.05, 0) is 19.9 Å². The predicted octanol–water partition coefficient (Wildman–Crippen LogP) is 1.05. The van der Waals surface area contributed by atoms with E-state index in [1.165, 1.54) is 6.07 Å². The van der Waals surface area contributed by atoms with Gasteiger partial charge in [-0.2, -0.15) is 0 Å². The number of fused-ring (bicyclic) bond motifs is 1. The summed E-state index contributed by atoms with van der Waals surface area (Å²) in [5.41, 5.74) is 1.58. The molecule has 0 spiro atoms. The van der Waals surface area contributed by atoms with Crippen LogP contribution >= 0.6 is 0 Å². The van der Waals surface area contributed by atoms with Crippen molar-refractivity contribution in [3.8, 4) is 0 Å². The molecule has 0 aliphatic heterocycles. The highest BCUT2D eigenvalue weighted by Crippen LogP contribution is 2.10. The normalized spacial score (nSPS) is 10.9. The van der Waals surface area contributed by atoms with Crippen molar-refractivity contribution >= 4 is 11.2 Å². The van der Waals surface area contributed by atoms with Crippen molar-refractivity contribution in [1.29, 1.82) is 0 Å². The molecule has 1 N–H and O–H groups in total. The van der Waals surface area contributed by atoms with E-state index in [1.54, 1.807) is 6.07 Å². The molecule has 0 radical (unpaired) electrons. The van der Waals surface area contributed by atoms with Crippen LogP contribution in [0.15, 0.2) is 16.9 Å². The van der Waals surface area contributed by atoms with Crippen LogP contribution in [0.3, 0.4) is 0 Å². The molecule has 0 unspecified atom stereocenters. The summed E-state index contributed by atoms with van der Waals surface area (Å²) >= 11 is 0. The number of hydrogen-bond acceptors (Lipinski definition) is 2. The van der Waals surface area contributed by atoms with Gasteiger partial charge in [0.25, 0.3) is 0 Å². The third kappa shape index (κ3) is 1.14. The monoisotopic (exact) mass is 177 g/mol. The van der Waals surface area contributed by atoms with Crippen molar-refractivity contribution in [2.24, 2.45) is 0 Å². The van der Waals surface area contributed by atoms with E-state index >= 15 is 0 Å². The van der Waals surface area contributed by atoms with E-state index in [4.69, 9.17) is 0 Å². The number of H-pyrrole nitrogens is 1. The summed E-state index contributed by atoms with van der Waals surface area (Å²) in [6, 6.07) is 3.24. The zero-order chi connectivity index (χ0) is 9.42. The number of hydrogen-bond donors (Lipinski definition) is 1. The van der Waals surface area contributed by atoms with Crippen LogP contribution in [0.2, 0.25) is 0 Å². The minimum atomic E-state index is -0.0814. The number of aryl methyl sites for hydroxylation is 2. The first kappa shape index (κ1) is 8.04. The van der Waals surface area contributed by atoms with Crippen molar-refractivity contribution in [2.75, 3.05) is 0 Å². The van der Waals surface area contributed by atoms with Crippen LogP contribution in [0.4, 0.5) is 0 Å². The Morgan fingerprint density at radius 2 is 2.31 bits per heavy atom. The minimum absolute atomic E-state index is 0.0814. The van der Waals surface area contributed by atoms with Gasteiger partial charge in [0.05, 0.1) is 0 Å². The largest absolute Gasteiger partial charge is 0.315 e. The molecule has 4 nitrogen and oxygen atoms in total. The molecule has 13 heavy (non-hydrogen) atoms. The smallest absolute Gasteiger partial charge is 0.249 e. The Balaban J connectivity index is 2.88. The van der Waals surface area contributed by atoms with E-state index in [9.17, 15) is 4.79 Å². The van der Waals surface area contributed by atoms with E-state index < -0.39 is 0 Å². The molecule has 0 fully saturated rings. The summed E-state index contributed by atoms with van der Waals surface area (Å²) in [5, 5.41) is 0.